The van der Waals surface area contributed by atoms with Crippen LogP contribution in [0.15, 0.2) is 11.6 Å². The quantitative estimate of drug-likeness (QED) is 0.465. The number of hydrogen-bond acceptors (Lipinski definition) is 1. The molecule has 90 valence electrons. The Kier molecular flexibility index (Phi) is 4.81. The number of carboxylic acid groups (broad SMARTS) is 1. The molecule has 0 spiro atoms. The average Bonchev–Trinajstić information content (AvgIpc) is 1.97. The van der Waals surface area contributed by atoms with Crippen LogP contribution in [0, 0.1) is 11.5 Å². The van der Waals surface area contributed by atoms with Crippen LogP contribution in [-0.2, 0) is 4.79 Å². The predicted molar refractivity (Wildman–Crippen MR) is 57.5 cm³/mol. The van der Waals surface area contributed by atoms with E-state index in [1.165, 1.54) is 0 Å². The SMILES string of the molecule is C[Si](C)(C)C#CC/C(=C\C(=O)O)C(F)(F)F. The van der Waals surface area contributed by atoms with Gasteiger partial charge in [-0.05, 0) is 0 Å². The third-order valence-corrected chi connectivity index (χ3v) is 2.33. The van der Waals surface area contributed by atoms with Crippen molar-refractivity contribution in [3.05, 3.63) is 11.6 Å². The molecule has 16 heavy (non-hydrogen) atoms. The molecule has 1 N–H and O–H groups in total. The van der Waals surface area contributed by atoms with Crippen molar-refractivity contribution in [3.63, 3.8) is 0 Å². The zero-order valence-electron chi connectivity index (χ0n) is 9.27. The maximum absolute atomic E-state index is 12.3. The summed E-state index contributed by atoms with van der Waals surface area (Å²) in [5.74, 6) is 0.788. The Morgan fingerprint density at radius 3 is 2.19 bits per heavy atom. The van der Waals surface area contributed by atoms with E-state index in [-0.39, 0.29) is 6.08 Å². The number of alkyl halides is 3. The first-order chi connectivity index (χ1) is 7.02. The van der Waals surface area contributed by atoms with Gasteiger partial charge in [-0.1, -0.05) is 19.6 Å². The molecular formula is C10H13F3O2Si. The summed E-state index contributed by atoms with van der Waals surface area (Å²) in [4.78, 5) is 10.2. The van der Waals surface area contributed by atoms with Gasteiger partial charge in [0.25, 0.3) is 0 Å². The van der Waals surface area contributed by atoms with E-state index in [2.05, 4.69) is 11.5 Å². The highest BCUT2D eigenvalue weighted by Crippen LogP contribution is 2.27. The third-order valence-electron chi connectivity index (χ3n) is 1.40. The van der Waals surface area contributed by atoms with Crippen LogP contribution in [0.4, 0.5) is 13.2 Å². The van der Waals surface area contributed by atoms with Gasteiger partial charge in [-0.2, -0.15) is 13.2 Å². The molecule has 0 saturated heterocycles. The smallest absolute Gasteiger partial charge is 0.413 e. The van der Waals surface area contributed by atoms with Crippen LogP contribution >= 0.6 is 0 Å². The van der Waals surface area contributed by atoms with Gasteiger partial charge in [-0.15, -0.1) is 11.5 Å². The highest BCUT2D eigenvalue weighted by atomic mass is 28.3. The molecule has 0 aromatic rings. The van der Waals surface area contributed by atoms with E-state index in [1.807, 2.05) is 19.6 Å². The van der Waals surface area contributed by atoms with E-state index < -0.39 is 32.2 Å². The van der Waals surface area contributed by atoms with Crippen molar-refractivity contribution < 1.29 is 23.1 Å². The van der Waals surface area contributed by atoms with Crippen molar-refractivity contribution in [1.82, 2.24) is 0 Å². The average molecular weight is 250 g/mol. The van der Waals surface area contributed by atoms with Gasteiger partial charge in [0.1, 0.15) is 8.07 Å². The maximum Gasteiger partial charge on any atom is 0.413 e. The van der Waals surface area contributed by atoms with Gasteiger partial charge in [-0.3, -0.25) is 0 Å². The van der Waals surface area contributed by atoms with Gasteiger partial charge in [0.15, 0.2) is 0 Å². The van der Waals surface area contributed by atoms with Crippen molar-refractivity contribution in [3.8, 4) is 11.5 Å². The largest absolute Gasteiger partial charge is 0.478 e. The number of allylic oxidation sites excluding steroid dienone is 1. The minimum Gasteiger partial charge on any atom is -0.478 e. The molecule has 0 aliphatic carbocycles. The fourth-order valence-electron chi connectivity index (χ4n) is 0.787. The summed E-state index contributed by atoms with van der Waals surface area (Å²) in [6, 6.07) is 0. The first-order valence-corrected chi connectivity index (χ1v) is 8.03. The number of aliphatic carboxylic acids is 1. The van der Waals surface area contributed by atoms with Gasteiger partial charge in [0.2, 0.25) is 0 Å². The van der Waals surface area contributed by atoms with Crippen LogP contribution < -0.4 is 0 Å². The molecular weight excluding hydrogens is 237 g/mol. The summed E-state index contributed by atoms with van der Waals surface area (Å²) in [6.07, 6.45) is -5.04. The molecule has 0 amide bonds. The molecule has 2 nitrogen and oxygen atoms in total. The number of carboxylic acids is 1. The van der Waals surface area contributed by atoms with Gasteiger partial charge < -0.3 is 5.11 Å². The second kappa shape index (κ2) is 5.21. The van der Waals surface area contributed by atoms with Gasteiger partial charge >= 0.3 is 12.1 Å². The summed E-state index contributed by atoms with van der Waals surface area (Å²) < 4.78 is 36.9. The lowest BCUT2D eigenvalue weighted by molar-refractivity contribution is -0.132. The van der Waals surface area contributed by atoms with Crippen molar-refractivity contribution in [2.24, 2.45) is 0 Å². The van der Waals surface area contributed by atoms with Crippen molar-refractivity contribution >= 4 is 14.0 Å². The van der Waals surface area contributed by atoms with E-state index in [1.54, 1.807) is 0 Å². The zero-order valence-corrected chi connectivity index (χ0v) is 10.3. The molecule has 0 bridgehead atoms. The monoisotopic (exact) mass is 250 g/mol. The number of hydrogen-bond donors (Lipinski definition) is 1. The molecule has 0 heterocycles. The second-order valence-corrected chi connectivity index (χ2v) is 8.98. The maximum atomic E-state index is 12.3. The van der Waals surface area contributed by atoms with E-state index in [0.29, 0.717) is 0 Å². The lowest BCUT2D eigenvalue weighted by Gasteiger charge is -2.08. The molecule has 0 radical (unpaired) electrons. The topological polar surface area (TPSA) is 37.3 Å². The Morgan fingerprint density at radius 1 is 1.38 bits per heavy atom. The fourth-order valence-corrected chi connectivity index (χ4v) is 1.41. The molecule has 0 atom stereocenters. The van der Waals surface area contributed by atoms with Crippen LogP contribution in [0.25, 0.3) is 0 Å². The van der Waals surface area contributed by atoms with Gasteiger partial charge in [0.05, 0.1) is 5.57 Å². The van der Waals surface area contributed by atoms with Crippen LogP contribution in [0.3, 0.4) is 0 Å². The molecule has 0 aromatic carbocycles. The van der Waals surface area contributed by atoms with E-state index >= 15 is 0 Å². The molecule has 0 aromatic heterocycles. The number of carbonyl (C=O) groups is 1. The van der Waals surface area contributed by atoms with Gasteiger partial charge in [0, 0.05) is 12.5 Å². The Hall–Kier alpha value is -1.22. The number of halogens is 3. The molecule has 0 unspecified atom stereocenters. The first-order valence-electron chi connectivity index (χ1n) is 4.53. The summed E-state index contributed by atoms with van der Waals surface area (Å²) >= 11 is 0. The highest BCUT2D eigenvalue weighted by Gasteiger charge is 2.33. The molecule has 0 aliphatic heterocycles. The summed E-state index contributed by atoms with van der Waals surface area (Å²) in [5.41, 5.74) is 1.63. The third kappa shape index (κ3) is 7.12. The first kappa shape index (κ1) is 14.8. The van der Waals surface area contributed by atoms with E-state index in [0.717, 1.165) is 0 Å². The zero-order chi connectivity index (χ0) is 13.0. The molecule has 6 heteroatoms. The van der Waals surface area contributed by atoms with Crippen molar-refractivity contribution in [1.29, 1.82) is 0 Å². The normalized spacial score (nSPS) is 13.0. The summed E-state index contributed by atoms with van der Waals surface area (Å²) in [7, 11) is -1.73. The van der Waals surface area contributed by atoms with Crippen molar-refractivity contribution in [2.45, 2.75) is 32.2 Å². The van der Waals surface area contributed by atoms with Crippen LogP contribution in [0.1, 0.15) is 6.42 Å². The lowest BCUT2D eigenvalue weighted by Crippen LogP contribution is -2.17. The van der Waals surface area contributed by atoms with Gasteiger partial charge in [-0.25, -0.2) is 4.79 Å². The minimum atomic E-state index is -4.63. The van der Waals surface area contributed by atoms with E-state index in [9.17, 15) is 18.0 Å². The predicted octanol–water partition coefficient (Wildman–Crippen LogP) is 2.83. The lowest BCUT2D eigenvalue weighted by atomic mass is 10.2. The fraction of sp³-hybridized carbons (Fsp3) is 0.500. The molecule has 0 aliphatic rings. The molecule has 0 rings (SSSR count). The summed E-state index contributed by atoms with van der Waals surface area (Å²) in [5, 5.41) is 8.29. The second-order valence-electron chi connectivity index (χ2n) is 4.23. The van der Waals surface area contributed by atoms with E-state index in [4.69, 9.17) is 5.11 Å². The molecule has 0 fully saturated rings. The van der Waals surface area contributed by atoms with Crippen LogP contribution in [0.5, 0.6) is 0 Å². The Labute approximate surface area is 93.2 Å². The van der Waals surface area contributed by atoms with Crippen LogP contribution in [0.2, 0.25) is 19.6 Å². The Balaban J connectivity index is 4.84. The number of rotatable bonds is 2. The Morgan fingerprint density at radius 2 is 1.88 bits per heavy atom. The highest BCUT2D eigenvalue weighted by molar-refractivity contribution is 6.83. The Bertz CT molecular complexity index is 353. The van der Waals surface area contributed by atoms with Crippen LogP contribution in [-0.4, -0.2) is 25.3 Å². The minimum absolute atomic E-state index is 0.166. The summed E-state index contributed by atoms with van der Waals surface area (Å²) in [6.45, 7) is 5.69. The van der Waals surface area contributed by atoms with Crippen molar-refractivity contribution in [2.75, 3.05) is 0 Å². The standard InChI is InChI=1S/C10H13F3O2Si/c1-16(2,3)6-4-5-8(7-9(14)15)10(11,12)13/h7H,5H2,1-3H3,(H,14,15)/b8-7+. The molecule has 0 saturated carbocycles.